The fourth-order valence-electron chi connectivity index (χ4n) is 2.49. The average Bonchev–Trinajstić information content (AvgIpc) is 3.48. The summed E-state index contributed by atoms with van der Waals surface area (Å²) < 4.78 is 10.6. The molecule has 0 bridgehead atoms. The molecule has 0 aliphatic rings. The molecule has 0 saturated carbocycles. The van der Waals surface area contributed by atoms with Crippen LogP contribution in [0.5, 0.6) is 11.5 Å². The third-order valence-corrected chi connectivity index (χ3v) is 5.45. The van der Waals surface area contributed by atoms with Crippen LogP contribution in [0.1, 0.15) is 10.5 Å². The Balaban J connectivity index is 1.52. The molecule has 4 rings (SSSR count). The van der Waals surface area contributed by atoms with Crippen molar-refractivity contribution in [2.45, 2.75) is 0 Å². The van der Waals surface area contributed by atoms with E-state index in [9.17, 15) is 4.79 Å². The Morgan fingerprint density at radius 1 is 1.14 bits per heavy atom. The lowest BCUT2D eigenvalue weighted by Crippen LogP contribution is -2.13. The number of thiophene rings is 1. The van der Waals surface area contributed by atoms with E-state index in [4.69, 9.17) is 9.47 Å². The number of hydrogen-bond donors (Lipinski definition) is 2. The molecule has 0 aliphatic carbocycles. The molecular formula is C18H15N5O3S2. The number of nitrogens with one attached hydrogen (secondary N) is 2. The molecule has 8 nitrogen and oxygen atoms in total. The number of benzene rings is 1. The molecule has 142 valence electrons. The van der Waals surface area contributed by atoms with Gasteiger partial charge in [0.1, 0.15) is 22.2 Å². The molecule has 28 heavy (non-hydrogen) atoms. The molecule has 1 aromatic carbocycles. The molecule has 4 aromatic rings. The van der Waals surface area contributed by atoms with Crippen LogP contribution in [0.4, 0.5) is 5.95 Å². The molecule has 3 heterocycles. The molecule has 3 aromatic heterocycles. The number of hydrogen-bond acceptors (Lipinski definition) is 8. The Labute approximate surface area is 168 Å². The normalized spacial score (nSPS) is 10.6. The van der Waals surface area contributed by atoms with Gasteiger partial charge in [-0.05, 0) is 23.6 Å². The second-order valence-corrected chi connectivity index (χ2v) is 7.22. The van der Waals surface area contributed by atoms with Crippen LogP contribution in [0.2, 0.25) is 0 Å². The highest BCUT2D eigenvalue weighted by molar-refractivity contribution is 7.14. The van der Waals surface area contributed by atoms with Crippen LogP contribution >= 0.6 is 22.7 Å². The summed E-state index contributed by atoms with van der Waals surface area (Å²) >= 11 is 3.00. The zero-order chi connectivity index (χ0) is 19.5. The number of rotatable bonds is 6. The van der Waals surface area contributed by atoms with E-state index < -0.39 is 0 Å². The van der Waals surface area contributed by atoms with Gasteiger partial charge in [0.05, 0.1) is 19.8 Å². The van der Waals surface area contributed by atoms with Gasteiger partial charge in [-0.25, -0.2) is 4.98 Å². The van der Waals surface area contributed by atoms with E-state index in [2.05, 4.69) is 25.5 Å². The van der Waals surface area contributed by atoms with E-state index in [0.717, 1.165) is 10.6 Å². The number of H-pyrrole nitrogens is 1. The number of thiazole rings is 1. The topological polar surface area (TPSA) is 102 Å². The summed E-state index contributed by atoms with van der Waals surface area (Å²) in [5.41, 5.74) is 2.02. The van der Waals surface area contributed by atoms with E-state index >= 15 is 0 Å². The lowest BCUT2D eigenvalue weighted by Gasteiger charge is -2.07. The minimum atomic E-state index is -0.370. The van der Waals surface area contributed by atoms with E-state index in [1.807, 2.05) is 16.8 Å². The molecule has 0 fully saturated rings. The number of nitrogens with zero attached hydrogens (tertiary/aromatic N) is 3. The predicted octanol–water partition coefficient (Wildman–Crippen LogP) is 3.93. The first-order valence-electron chi connectivity index (χ1n) is 8.12. The largest absolute Gasteiger partial charge is 0.497 e. The van der Waals surface area contributed by atoms with Crippen LogP contribution in [0.25, 0.3) is 22.0 Å². The maximum Gasteiger partial charge on any atom is 0.277 e. The highest BCUT2D eigenvalue weighted by atomic mass is 32.1. The first kappa shape index (κ1) is 18.1. The van der Waals surface area contributed by atoms with Gasteiger partial charge < -0.3 is 9.47 Å². The number of aromatic amines is 1. The maximum absolute atomic E-state index is 12.4. The summed E-state index contributed by atoms with van der Waals surface area (Å²) in [5, 5.41) is 16.0. The van der Waals surface area contributed by atoms with Gasteiger partial charge >= 0.3 is 0 Å². The second kappa shape index (κ2) is 7.79. The Morgan fingerprint density at radius 2 is 2.04 bits per heavy atom. The van der Waals surface area contributed by atoms with Crippen LogP contribution in [0.15, 0.2) is 40.4 Å². The van der Waals surface area contributed by atoms with Gasteiger partial charge in [-0.15, -0.1) is 16.4 Å². The van der Waals surface area contributed by atoms with Gasteiger partial charge in [-0.2, -0.15) is 16.3 Å². The minimum absolute atomic E-state index is 0.156. The van der Waals surface area contributed by atoms with E-state index in [-0.39, 0.29) is 11.9 Å². The fourth-order valence-corrected chi connectivity index (χ4v) is 4.01. The number of ether oxygens (including phenoxy) is 2. The SMILES string of the molecule is COc1ccc(-c2nc(NC(=O)c3csc(-c4ccsc4)n3)n[nH]2)c(OC)c1. The van der Waals surface area contributed by atoms with Crippen LogP contribution in [0.3, 0.4) is 0 Å². The summed E-state index contributed by atoms with van der Waals surface area (Å²) in [6.45, 7) is 0. The number of anilines is 1. The Bertz CT molecular complexity index is 1100. The van der Waals surface area contributed by atoms with E-state index in [0.29, 0.717) is 28.6 Å². The average molecular weight is 413 g/mol. The first-order valence-corrected chi connectivity index (χ1v) is 9.94. The van der Waals surface area contributed by atoms with Crippen molar-refractivity contribution in [3.63, 3.8) is 0 Å². The monoisotopic (exact) mass is 413 g/mol. The van der Waals surface area contributed by atoms with E-state index in [1.165, 1.54) is 11.3 Å². The quantitative estimate of drug-likeness (QED) is 0.497. The van der Waals surface area contributed by atoms with Crippen molar-refractivity contribution in [1.29, 1.82) is 0 Å². The van der Waals surface area contributed by atoms with Gasteiger partial charge in [-0.1, -0.05) is 0 Å². The maximum atomic E-state index is 12.4. The predicted molar refractivity (Wildman–Crippen MR) is 108 cm³/mol. The molecule has 0 unspecified atom stereocenters. The number of amides is 1. The van der Waals surface area contributed by atoms with Crippen molar-refractivity contribution >= 4 is 34.5 Å². The number of aromatic nitrogens is 4. The third kappa shape index (κ3) is 3.59. The second-order valence-electron chi connectivity index (χ2n) is 5.58. The molecule has 0 aliphatic heterocycles. The van der Waals surface area contributed by atoms with Crippen LogP contribution in [-0.4, -0.2) is 40.3 Å². The summed E-state index contributed by atoms with van der Waals surface area (Å²) in [4.78, 5) is 21.1. The van der Waals surface area contributed by atoms with Gasteiger partial charge in [-0.3, -0.25) is 15.2 Å². The highest BCUT2D eigenvalue weighted by Gasteiger charge is 2.16. The number of carbonyl (C=O) groups is 1. The van der Waals surface area contributed by atoms with Gasteiger partial charge in [0.25, 0.3) is 5.91 Å². The van der Waals surface area contributed by atoms with Gasteiger partial charge in [0, 0.05) is 22.4 Å². The van der Waals surface area contributed by atoms with Crippen LogP contribution in [0, 0.1) is 0 Å². The van der Waals surface area contributed by atoms with Crippen LogP contribution in [-0.2, 0) is 0 Å². The summed E-state index contributed by atoms with van der Waals surface area (Å²) in [7, 11) is 3.14. The van der Waals surface area contributed by atoms with Crippen molar-refractivity contribution in [1.82, 2.24) is 20.2 Å². The van der Waals surface area contributed by atoms with Crippen molar-refractivity contribution in [3.8, 4) is 33.5 Å². The number of carbonyl (C=O) groups excluding carboxylic acids is 1. The summed E-state index contributed by atoms with van der Waals surface area (Å²) in [6, 6.07) is 7.31. The lowest BCUT2D eigenvalue weighted by atomic mass is 10.2. The minimum Gasteiger partial charge on any atom is -0.497 e. The third-order valence-electron chi connectivity index (χ3n) is 3.88. The van der Waals surface area contributed by atoms with Crippen LogP contribution < -0.4 is 14.8 Å². The number of methoxy groups -OCH3 is 2. The Morgan fingerprint density at radius 3 is 2.79 bits per heavy atom. The van der Waals surface area contributed by atoms with Crippen molar-refractivity contribution in [3.05, 3.63) is 46.1 Å². The summed E-state index contributed by atoms with van der Waals surface area (Å²) in [5.74, 6) is 1.49. The molecule has 2 N–H and O–H groups in total. The van der Waals surface area contributed by atoms with Crippen molar-refractivity contribution in [2.24, 2.45) is 0 Å². The zero-order valence-electron chi connectivity index (χ0n) is 14.9. The van der Waals surface area contributed by atoms with E-state index in [1.54, 1.807) is 49.1 Å². The molecular weight excluding hydrogens is 398 g/mol. The Hall–Kier alpha value is -3.24. The first-order chi connectivity index (χ1) is 13.7. The van der Waals surface area contributed by atoms with Gasteiger partial charge in [0.2, 0.25) is 5.95 Å². The molecule has 1 amide bonds. The van der Waals surface area contributed by atoms with Crippen molar-refractivity contribution in [2.75, 3.05) is 19.5 Å². The molecule has 10 heteroatoms. The van der Waals surface area contributed by atoms with Gasteiger partial charge in [0.15, 0.2) is 5.82 Å². The summed E-state index contributed by atoms with van der Waals surface area (Å²) in [6.07, 6.45) is 0. The standard InChI is InChI=1S/C18H15N5O3S2/c1-25-11-3-4-12(14(7-11)26-2)15-20-18(23-22-15)21-16(24)13-9-28-17(19-13)10-5-6-27-8-10/h3-9H,1-2H3,(H2,20,21,22,23,24). The highest BCUT2D eigenvalue weighted by Crippen LogP contribution is 2.31. The lowest BCUT2D eigenvalue weighted by molar-refractivity contribution is 0.102. The smallest absolute Gasteiger partial charge is 0.277 e. The molecule has 0 saturated heterocycles. The molecule has 0 atom stereocenters. The fraction of sp³-hybridized carbons (Fsp3) is 0.111. The Kier molecular flexibility index (Phi) is 5.04. The molecule has 0 radical (unpaired) electrons. The molecule has 0 spiro atoms. The zero-order valence-corrected chi connectivity index (χ0v) is 16.6. The van der Waals surface area contributed by atoms with Crippen molar-refractivity contribution < 1.29 is 14.3 Å².